The highest BCUT2D eigenvalue weighted by atomic mass is 32.2. The second-order valence-corrected chi connectivity index (χ2v) is 6.75. The van der Waals surface area contributed by atoms with Gasteiger partial charge < -0.3 is 10.4 Å². The summed E-state index contributed by atoms with van der Waals surface area (Å²) in [6.45, 7) is 0.318. The normalized spacial score (nSPS) is 21.5. The minimum Gasteiger partial charge on any atom is -0.387 e. The van der Waals surface area contributed by atoms with Gasteiger partial charge in [0.05, 0.1) is 5.60 Å². The van der Waals surface area contributed by atoms with E-state index < -0.39 is 5.60 Å². The molecule has 0 spiro atoms. The molecule has 3 rings (SSSR count). The molecule has 1 saturated heterocycles. The van der Waals surface area contributed by atoms with Crippen LogP contribution in [0.3, 0.4) is 0 Å². The molecule has 1 heterocycles. The van der Waals surface area contributed by atoms with Crippen molar-refractivity contribution >= 4 is 34.5 Å². The summed E-state index contributed by atoms with van der Waals surface area (Å²) in [7, 11) is 0. The van der Waals surface area contributed by atoms with E-state index >= 15 is 0 Å². The SMILES string of the molecule is O=C(C=Cc1cccc2ccccc12)NCC1(O)CCSC1. The molecular formula is C18H19NO2S. The quantitative estimate of drug-likeness (QED) is 0.853. The number of carbonyl (C=O) groups is 1. The van der Waals surface area contributed by atoms with Gasteiger partial charge in [0, 0.05) is 18.4 Å². The van der Waals surface area contributed by atoms with Gasteiger partial charge in [-0.1, -0.05) is 42.5 Å². The van der Waals surface area contributed by atoms with Gasteiger partial charge in [-0.25, -0.2) is 0 Å². The molecule has 22 heavy (non-hydrogen) atoms. The number of aliphatic hydroxyl groups is 1. The fourth-order valence-electron chi connectivity index (χ4n) is 2.61. The Morgan fingerprint density at radius 2 is 2.09 bits per heavy atom. The van der Waals surface area contributed by atoms with E-state index in [-0.39, 0.29) is 5.91 Å². The Kier molecular flexibility index (Phi) is 4.50. The van der Waals surface area contributed by atoms with Gasteiger partial charge in [0.15, 0.2) is 0 Å². The number of fused-ring (bicyclic) bond motifs is 1. The highest BCUT2D eigenvalue weighted by molar-refractivity contribution is 7.99. The molecule has 1 atom stereocenters. The number of rotatable bonds is 4. The summed E-state index contributed by atoms with van der Waals surface area (Å²) in [6.07, 6.45) is 4.10. The van der Waals surface area contributed by atoms with Crippen LogP contribution in [0.4, 0.5) is 0 Å². The second kappa shape index (κ2) is 6.55. The van der Waals surface area contributed by atoms with Crippen LogP contribution < -0.4 is 5.32 Å². The fourth-order valence-corrected chi connectivity index (χ4v) is 3.90. The zero-order valence-corrected chi connectivity index (χ0v) is 13.1. The van der Waals surface area contributed by atoms with Crippen molar-refractivity contribution in [1.82, 2.24) is 5.32 Å². The number of nitrogens with one attached hydrogen (secondary N) is 1. The van der Waals surface area contributed by atoms with E-state index in [4.69, 9.17) is 0 Å². The maximum Gasteiger partial charge on any atom is 0.244 e. The first-order valence-electron chi connectivity index (χ1n) is 7.40. The first-order chi connectivity index (χ1) is 10.7. The molecule has 3 nitrogen and oxygen atoms in total. The lowest BCUT2D eigenvalue weighted by molar-refractivity contribution is -0.117. The summed E-state index contributed by atoms with van der Waals surface area (Å²) in [6, 6.07) is 14.1. The molecule has 1 amide bonds. The van der Waals surface area contributed by atoms with E-state index in [1.54, 1.807) is 11.8 Å². The summed E-state index contributed by atoms with van der Waals surface area (Å²) in [5.74, 6) is 1.48. The smallest absolute Gasteiger partial charge is 0.244 e. The molecule has 0 aliphatic carbocycles. The van der Waals surface area contributed by atoms with Crippen molar-refractivity contribution in [3.8, 4) is 0 Å². The van der Waals surface area contributed by atoms with Crippen molar-refractivity contribution in [3.05, 3.63) is 54.1 Å². The van der Waals surface area contributed by atoms with E-state index in [1.807, 2.05) is 36.4 Å². The molecule has 0 bridgehead atoms. The van der Waals surface area contributed by atoms with Gasteiger partial charge in [-0.15, -0.1) is 0 Å². The molecule has 114 valence electrons. The number of hydrogen-bond acceptors (Lipinski definition) is 3. The molecule has 0 aromatic heterocycles. The van der Waals surface area contributed by atoms with Crippen LogP contribution in [0.2, 0.25) is 0 Å². The van der Waals surface area contributed by atoms with E-state index in [0.717, 1.165) is 28.5 Å². The summed E-state index contributed by atoms with van der Waals surface area (Å²) < 4.78 is 0. The molecule has 1 aliphatic heterocycles. The molecule has 2 aromatic carbocycles. The Labute approximate surface area is 134 Å². The van der Waals surface area contributed by atoms with Crippen molar-refractivity contribution in [3.63, 3.8) is 0 Å². The van der Waals surface area contributed by atoms with Gasteiger partial charge in [0.2, 0.25) is 5.91 Å². The van der Waals surface area contributed by atoms with Crippen LogP contribution in [0.15, 0.2) is 48.5 Å². The van der Waals surface area contributed by atoms with Gasteiger partial charge in [-0.3, -0.25) is 4.79 Å². The molecule has 1 unspecified atom stereocenters. The monoisotopic (exact) mass is 313 g/mol. The lowest BCUT2D eigenvalue weighted by atomic mass is 10.0. The molecule has 1 aliphatic rings. The van der Waals surface area contributed by atoms with Crippen LogP contribution in [0.1, 0.15) is 12.0 Å². The standard InChI is InChI=1S/C18H19NO2S/c20-17(19-12-18(21)10-11-22-13-18)9-8-15-6-3-5-14-4-1-2-7-16(14)15/h1-9,21H,10-13H2,(H,19,20). The molecule has 2 N–H and O–H groups in total. The molecule has 4 heteroatoms. The van der Waals surface area contributed by atoms with Crippen LogP contribution in [0.25, 0.3) is 16.8 Å². The van der Waals surface area contributed by atoms with Gasteiger partial charge in [-0.05, 0) is 34.6 Å². The molecular weight excluding hydrogens is 294 g/mol. The predicted octanol–water partition coefficient (Wildman–Crippen LogP) is 2.84. The zero-order valence-electron chi connectivity index (χ0n) is 12.3. The Hall–Kier alpha value is -1.78. The third kappa shape index (κ3) is 3.51. The molecule has 0 radical (unpaired) electrons. The van der Waals surface area contributed by atoms with Crippen LogP contribution in [0, 0.1) is 0 Å². The predicted molar refractivity (Wildman–Crippen MR) is 92.9 cm³/mol. The number of thioether (sulfide) groups is 1. The number of hydrogen-bond donors (Lipinski definition) is 2. The van der Waals surface area contributed by atoms with Crippen molar-refractivity contribution in [2.75, 3.05) is 18.1 Å². The average Bonchev–Trinajstić information content (AvgIpc) is 2.98. The van der Waals surface area contributed by atoms with Crippen molar-refractivity contribution < 1.29 is 9.90 Å². The zero-order chi connectivity index (χ0) is 15.4. The summed E-state index contributed by atoms with van der Waals surface area (Å²) in [5, 5.41) is 15.3. The number of amides is 1. The van der Waals surface area contributed by atoms with Crippen LogP contribution in [-0.4, -0.2) is 34.7 Å². The van der Waals surface area contributed by atoms with Crippen molar-refractivity contribution in [2.45, 2.75) is 12.0 Å². The molecule has 0 saturated carbocycles. The van der Waals surface area contributed by atoms with E-state index in [2.05, 4.69) is 17.4 Å². The van der Waals surface area contributed by atoms with Crippen molar-refractivity contribution in [1.29, 1.82) is 0 Å². The van der Waals surface area contributed by atoms with Gasteiger partial charge in [0.25, 0.3) is 0 Å². The maximum absolute atomic E-state index is 11.9. The summed E-state index contributed by atoms with van der Waals surface area (Å²) in [4.78, 5) is 11.9. The van der Waals surface area contributed by atoms with E-state index in [9.17, 15) is 9.90 Å². The largest absolute Gasteiger partial charge is 0.387 e. The minimum absolute atomic E-state index is 0.168. The van der Waals surface area contributed by atoms with Crippen LogP contribution >= 0.6 is 11.8 Å². The third-order valence-electron chi connectivity index (χ3n) is 3.91. The first-order valence-corrected chi connectivity index (χ1v) is 8.56. The van der Waals surface area contributed by atoms with Crippen LogP contribution in [0.5, 0.6) is 0 Å². The minimum atomic E-state index is -0.742. The number of benzene rings is 2. The summed E-state index contributed by atoms with van der Waals surface area (Å²) >= 11 is 1.73. The lowest BCUT2D eigenvalue weighted by Crippen LogP contribution is -2.42. The number of carbonyl (C=O) groups excluding carboxylic acids is 1. The molecule has 2 aromatic rings. The summed E-state index contributed by atoms with van der Waals surface area (Å²) in [5.41, 5.74) is 0.275. The first kappa shape index (κ1) is 15.1. The van der Waals surface area contributed by atoms with Gasteiger partial charge in [0.1, 0.15) is 0 Å². The topological polar surface area (TPSA) is 49.3 Å². The maximum atomic E-state index is 11.9. The van der Waals surface area contributed by atoms with E-state index in [0.29, 0.717) is 12.3 Å². The van der Waals surface area contributed by atoms with Crippen LogP contribution in [-0.2, 0) is 4.79 Å². The Morgan fingerprint density at radius 3 is 2.91 bits per heavy atom. The second-order valence-electron chi connectivity index (χ2n) is 5.65. The van der Waals surface area contributed by atoms with Gasteiger partial charge in [-0.2, -0.15) is 11.8 Å². The average molecular weight is 313 g/mol. The fraction of sp³-hybridized carbons (Fsp3) is 0.278. The van der Waals surface area contributed by atoms with Gasteiger partial charge >= 0.3 is 0 Å². The van der Waals surface area contributed by atoms with Crippen molar-refractivity contribution in [2.24, 2.45) is 0 Å². The van der Waals surface area contributed by atoms with E-state index in [1.165, 1.54) is 6.08 Å². The Balaban J connectivity index is 1.66. The Morgan fingerprint density at radius 1 is 1.27 bits per heavy atom. The Bertz CT molecular complexity index is 700. The third-order valence-corrected chi connectivity index (χ3v) is 5.15. The highest BCUT2D eigenvalue weighted by Crippen LogP contribution is 2.27. The molecule has 1 fully saturated rings. The lowest BCUT2D eigenvalue weighted by Gasteiger charge is -2.20. The highest BCUT2D eigenvalue weighted by Gasteiger charge is 2.31.